The van der Waals surface area contributed by atoms with Gasteiger partial charge in [-0.3, -0.25) is 4.79 Å². The minimum Gasteiger partial charge on any atom is -0.469 e. The molecule has 1 aromatic carbocycles. The standard InChI is InChI=1S/C21H26N2O6S/c1-14-10-15(2)12-23(11-14)30(26,27)18-6-4-17(5-7-18)22-20(24)13-29-21(25)19-8-9-28-16(19)3/h4-9,14-15H,10-13H2,1-3H3,(H,22,24). The summed E-state index contributed by atoms with van der Waals surface area (Å²) in [5, 5.41) is 2.58. The van der Waals surface area contributed by atoms with Crippen LogP contribution in [0.1, 0.15) is 36.4 Å². The van der Waals surface area contributed by atoms with Gasteiger partial charge in [-0.2, -0.15) is 4.31 Å². The Morgan fingerprint density at radius 3 is 2.33 bits per heavy atom. The minimum absolute atomic E-state index is 0.184. The summed E-state index contributed by atoms with van der Waals surface area (Å²) in [6.45, 7) is 6.28. The van der Waals surface area contributed by atoms with Gasteiger partial charge in [-0.25, -0.2) is 13.2 Å². The highest BCUT2D eigenvalue weighted by atomic mass is 32.2. The zero-order chi connectivity index (χ0) is 21.9. The molecule has 1 aliphatic heterocycles. The highest BCUT2D eigenvalue weighted by molar-refractivity contribution is 7.89. The Morgan fingerprint density at radius 1 is 1.13 bits per heavy atom. The van der Waals surface area contributed by atoms with E-state index in [0.717, 1.165) is 6.42 Å². The van der Waals surface area contributed by atoms with Crippen LogP contribution in [-0.4, -0.2) is 44.3 Å². The van der Waals surface area contributed by atoms with Crippen molar-refractivity contribution in [2.75, 3.05) is 25.0 Å². The molecule has 30 heavy (non-hydrogen) atoms. The number of sulfonamides is 1. The number of carbonyl (C=O) groups is 2. The maximum absolute atomic E-state index is 12.9. The summed E-state index contributed by atoms with van der Waals surface area (Å²) >= 11 is 0. The topological polar surface area (TPSA) is 106 Å². The third-order valence-electron chi connectivity index (χ3n) is 5.02. The Morgan fingerprint density at radius 2 is 1.77 bits per heavy atom. The first kappa shape index (κ1) is 22.0. The minimum atomic E-state index is -3.58. The van der Waals surface area contributed by atoms with Crippen LogP contribution in [0.3, 0.4) is 0 Å². The van der Waals surface area contributed by atoms with Gasteiger partial charge >= 0.3 is 5.97 Å². The van der Waals surface area contributed by atoms with Crippen LogP contribution >= 0.6 is 0 Å². The number of rotatable bonds is 6. The number of nitrogens with one attached hydrogen (secondary N) is 1. The molecule has 8 nitrogen and oxygen atoms in total. The van der Waals surface area contributed by atoms with Crippen LogP contribution in [0.5, 0.6) is 0 Å². The van der Waals surface area contributed by atoms with E-state index in [2.05, 4.69) is 19.2 Å². The molecule has 3 rings (SSSR count). The molecule has 1 aliphatic rings. The number of esters is 1. The molecule has 2 aromatic rings. The molecule has 0 saturated carbocycles. The third-order valence-corrected chi connectivity index (χ3v) is 6.87. The second-order valence-electron chi connectivity index (χ2n) is 7.81. The van der Waals surface area contributed by atoms with Gasteiger partial charge in [-0.15, -0.1) is 0 Å². The van der Waals surface area contributed by atoms with Crippen LogP contribution in [0.25, 0.3) is 0 Å². The third kappa shape index (κ3) is 5.09. The van der Waals surface area contributed by atoms with Crippen LogP contribution in [-0.2, 0) is 19.6 Å². The molecule has 1 saturated heterocycles. The van der Waals surface area contributed by atoms with E-state index in [-0.39, 0.29) is 10.5 Å². The molecule has 2 heterocycles. The molecule has 1 N–H and O–H groups in total. The van der Waals surface area contributed by atoms with E-state index >= 15 is 0 Å². The van der Waals surface area contributed by atoms with E-state index in [4.69, 9.17) is 9.15 Å². The molecule has 162 valence electrons. The van der Waals surface area contributed by atoms with Crippen molar-refractivity contribution in [3.63, 3.8) is 0 Å². The summed E-state index contributed by atoms with van der Waals surface area (Å²) in [6, 6.07) is 7.44. The zero-order valence-electron chi connectivity index (χ0n) is 17.3. The van der Waals surface area contributed by atoms with Gasteiger partial charge in [0, 0.05) is 18.8 Å². The van der Waals surface area contributed by atoms with Crippen molar-refractivity contribution >= 4 is 27.6 Å². The molecule has 1 amide bonds. The first-order chi connectivity index (χ1) is 14.2. The van der Waals surface area contributed by atoms with E-state index in [0.29, 0.717) is 36.4 Å². The lowest BCUT2D eigenvalue weighted by molar-refractivity contribution is -0.119. The van der Waals surface area contributed by atoms with Gasteiger partial charge in [0.15, 0.2) is 6.61 Å². The van der Waals surface area contributed by atoms with Crippen LogP contribution in [0.15, 0.2) is 45.9 Å². The SMILES string of the molecule is Cc1occc1C(=O)OCC(=O)Nc1ccc(S(=O)(=O)N2CC(C)CC(C)C2)cc1. The number of benzene rings is 1. The number of aryl methyl sites for hydroxylation is 1. The average Bonchev–Trinajstić information content (AvgIpc) is 3.12. The predicted molar refractivity (Wildman–Crippen MR) is 111 cm³/mol. The molecule has 1 fully saturated rings. The summed E-state index contributed by atoms with van der Waals surface area (Å²) < 4.78 is 37.3. The average molecular weight is 435 g/mol. The lowest BCUT2D eigenvalue weighted by Crippen LogP contribution is -2.42. The van der Waals surface area contributed by atoms with E-state index < -0.39 is 28.5 Å². The molecule has 0 aliphatic carbocycles. The monoisotopic (exact) mass is 434 g/mol. The number of piperidine rings is 1. The Balaban J connectivity index is 1.58. The van der Waals surface area contributed by atoms with Gasteiger partial charge in [-0.05, 0) is 55.5 Å². The van der Waals surface area contributed by atoms with Crippen LogP contribution in [0.4, 0.5) is 5.69 Å². The number of hydrogen-bond donors (Lipinski definition) is 1. The van der Waals surface area contributed by atoms with Gasteiger partial charge in [-0.1, -0.05) is 13.8 Å². The fourth-order valence-electron chi connectivity index (χ4n) is 3.66. The van der Waals surface area contributed by atoms with Gasteiger partial charge in [0.25, 0.3) is 5.91 Å². The fourth-order valence-corrected chi connectivity index (χ4v) is 5.34. The molecular formula is C21H26N2O6S. The Labute approximate surface area is 176 Å². The Bertz CT molecular complexity index is 1000. The zero-order valence-corrected chi connectivity index (χ0v) is 18.1. The van der Waals surface area contributed by atoms with E-state index in [9.17, 15) is 18.0 Å². The summed E-state index contributed by atoms with van der Waals surface area (Å²) in [4.78, 5) is 24.1. The Hall–Kier alpha value is -2.65. The molecule has 0 spiro atoms. The van der Waals surface area contributed by atoms with Gasteiger partial charge < -0.3 is 14.5 Å². The van der Waals surface area contributed by atoms with Gasteiger partial charge in [0.2, 0.25) is 10.0 Å². The lowest BCUT2D eigenvalue weighted by atomic mass is 9.94. The summed E-state index contributed by atoms with van der Waals surface area (Å²) in [5.41, 5.74) is 0.675. The Kier molecular flexibility index (Phi) is 6.62. The summed E-state index contributed by atoms with van der Waals surface area (Å²) in [5.74, 6) is -0.136. The highest BCUT2D eigenvalue weighted by Crippen LogP contribution is 2.27. The van der Waals surface area contributed by atoms with Crippen molar-refractivity contribution in [3.8, 4) is 0 Å². The van der Waals surface area contributed by atoms with E-state index in [1.807, 2.05) is 0 Å². The van der Waals surface area contributed by atoms with Crippen molar-refractivity contribution in [2.45, 2.75) is 32.1 Å². The molecular weight excluding hydrogens is 408 g/mol. The van der Waals surface area contributed by atoms with Crippen molar-refractivity contribution in [1.82, 2.24) is 4.31 Å². The largest absolute Gasteiger partial charge is 0.469 e. The van der Waals surface area contributed by atoms with Crippen LogP contribution in [0, 0.1) is 18.8 Å². The maximum Gasteiger partial charge on any atom is 0.342 e. The first-order valence-electron chi connectivity index (χ1n) is 9.78. The van der Waals surface area contributed by atoms with Crippen molar-refractivity contribution in [2.24, 2.45) is 11.8 Å². The summed E-state index contributed by atoms with van der Waals surface area (Å²) in [7, 11) is -3.58. The normalized spacial score (nSPS) is 20.0. The number of hydrogen-bond acceptors (Lipinski definition) is 6. The molecule has 2 unspecified atom stereocenters. The smallest absolute Gasteiger partial charge is 0.342 e. The van der Waals surface area contributed by atoms with Crippen LogP contribution < -0.4 is 5.32 Å². The molecule has 0 bridgehead atoms. The second kappa shape index (κ2) is 9.01. The summed E-state index contributed by atoms with van der Waals surface area (Å²) in [6.07, 6.45) is 2.38. The number of nitrogens with zero attached hydrogens (tertiary/aromatic N) is 1. The number of furan rings is 1. The highest BCUT2D eigenvalue weighted by Gasteiger charge is 2.31. The second-order valence-corrected chi connectivity index (χ2v) is 9.75. The number of anilines is 1. The fraction of sp³-hybridized carbons (Fsp3) is 0.429. The quantitative estimate of drug-likeness (QED) is 0.701. The lowest BCUT2D eigenvalue weighted by Gasteiger charge is -2.34. The number of ether oxygens (including phenoxy) is 1. The van der Waals surface area contributed by atoms with Gasteiger partial charge in [0.05, 0.1) is 11.2 Å². The molecule has 0 radical (unpaired) electrons. The van der Waals surface area contributed by atoms with E-state index in [1.165, 1.54) is 40.9 Å². The van der Waals surface area contributed by atoms with Crippen molar-refractivity contribution < 1.29 is 27.2 Å². The predicted octanol–water partition coefficient (Wildman–Crippen LogP) is 3.05. The molecule has 1 aromatic heterocycles. The molecule has 9 heteroatoms. The van der Waals surface area contributed by atoms with E-state index in [1.54, 1.807) is 6.92 Å². The number of carbonyl (C=O) groups excluding carboxylic acids is 2. The van der Waals surface area contributed by atoms with Crippen LogP contribution in [0.2, 0.25) is 0 Å². The first-order valence-corrected chi connectivity index (χ1v) is 11.2. The van der Waals surface area contributed by atoms with Gasteiger partial charge in [0.1, 0.15) is 11.3 Å². The van der Waals surface area contributed by atoms with Crippen molar-refractivity contribution in [3.05, 3.63) is 47.9 Å². The van der Waals surface area contributed by atoms with Crippen molar-refractivity contribution in [1.29, 1.82) is 0 Å². The maximum atomic E-state index is 12.9. The number of amides is 1. The molecule has 2 atom stereocenters.